The minimum Gasteiger partial charge on any atom is -0.462 e. The number of ether oxygens (including phenoxy) is 2. The number of hydrogen-bond donors (Lipinski definition) is 0. The van der Waals surface area contributed by atoms with Gasteiger partial charge in [0, 0.05) is 0 Å². The molecule has 0 aliphatic heterocycles. The van der Waals surface area contributed by atoms with Gasteiger partial charge in [-0.25, -0.2) is 9.59 Å². The van der Waals surface area contributed by atoms with Crippen molar-refractivity contribution >= 4 is 11.9 Å². The van der Waals surface area contributed by atoms with Crippen LogP contribution in [-0.4, -0.2) is 25.2 Å². The summed E-state index contributed by atoms with van der Waals surface area (Å²) in [6.45, 7) is 7.31. The summed E-state index contributed by atoms with van der Waals surface area (Å²) in [5, 5.41) is 0. The summed E-state index contributed by atoms with van der Waals surface area (Å²) in [5.74, 6) is -0.184. The van der Waals surface area contributed by atoms with E-state index < -0.39 is 0 Å². The van der Waals surface area contributed by atoms with Gasteiger partial charge in [-0.15, -0.1) is 0 Å². The van der Waals surface area contributed by atoms with E-state index in [9.17, 15) is 9.59 Å². The predicted molar refractivity (Wildman–Crippen MR) is 132 cm³/mol. The first-order valence-corrected chi connectivity index (χ1v) is 13.0. The van der Waals surface area contributed by atoms with E-state index in [1.807, 2.05) is 0 Å². The molecule has 0 saturated heterocycles. The Morgan fingerprint density at radius 3 is 1.41 bits per heavy atom. The molecule has 0 amide bonds. The molecule has 0 saturated carbocycles. The highest BCUT2D eigenvalue weighted by atomic mass is 16.5. The molecule has 32 heavy (non-hydrogen) atoms. The summed E-state index contributed by atoms with van der Waals surface area (Å²) in [7, 11) is 0. The standard InChI is InChI=1S/C28H46O4/c1-4-5-6-7-8-9-10-11-12-13-14-15-16-22-31-27(29)25-17-19-26(20-18-25)28(30)32-23-21-24(2)3/h17-20,24H,4-16,21-23H2,1-3H3. The largest absolute Gasteiger partial charge is 0.462 e. The maximum Gasteiger partial charge on any atom is 0.338 e. The van der Waals surface area contributed by atoms with Gasteiger partial charge in [-0.1, -0.05) is 97.8 Å². The maximum absolute atomic E-state index is 12.2. The van der Waals surface area contributed by atoms with Crippen molar-refractivity contribution in [2.45, 2.75) is 111 Å². The predicted octanol–water partition coefficient (Wildman–Crippen LogP) is 8.14. The zero-order chi connectivity index (χ0) is 23.4. The van der Waals surface area contributed by atoms with Crippen molar-refractivity contribution < 1.29 is 19.1 Å². The molecule has 1 aromatic carbocycles. The van der Waals surface area contributed by atoms with E-state index in [0.717, 1.165) is 19.3 Å². The molecule has 0 spiro atoms. The van der Waals surface area contributed by atoms with Crippen molar-refractivity contribution in [3.63, 3.8) is 0 Å². The molecule has 0 unspecified atom stereocenters. The summed E-state index contributed by atoms with van der Waals surface area (Å²) < 4.78 is 10.6. The summed E-state index contributed by atoms with van der Waals surface area (Å²) >= 11 is 0. The van der Waals surface area contributed by atoms with Crippen molar-refractivity contribution in [3.8, 4) is 0 Å². The van der Waals surface area contributed by atoms with E-state index in [0.29, 0.717) is 30.3 Å². The topological polar surface area (TPSA) is 52.6 Å². The van der Waals surface area contributed by atoms with Crippen LogP contribution in [0.25, 0.3) is 0 Å². The molecular formula is C28H46O4. The highest BCUT2D eigenvalue weighted by Gasteiger charge is 2.11. The molecule has 1 rings (SSSR count). The Morgan fingerprint density at radius 2 is 1.00 bits per heavy atom. The molecule has 0 atom stereocenters. The maximum atomic E-state index is 12.2. The molecule has 4 heteroatoms. The van der Waals surface area contributed by atoms with Crippen LogP contribution in [0.15, 0.2) is 24.3 Å². The van der Waals surface area contributed by atoms with Crippen molar-refractivity contribution in [2.75, 3.05) is 13.2 Å². The fraction of sp³-hybridized carbons (Fsp3) is 0.714. The lowest BCUT2D eigenvalue weighted by molar-refractivity contribution is 0.0477. The molecule has 0 heterocycles. The van der Waals surface area contributed by atoms with Crippen LogP contribution in [0, 0.1) is 5.92 Å². The Kier molecular flexibility index (Phi) is 16.5. The smallest absolute Gasteiger partial charge is 0.338 e. The van der Waals surface area contributed by atoms with Gasteiger partial charge in [-0.05, 0) is 43.0 Å². The minimum absolute atomic E-state index is 0.330. The second-order valence-electron chi connectivity index (χ2n) is 9.27. The Morgan fingerprint density at radius 1 is 0.625 bits per heavy atom. The van der Waals surface area contributed by atoms with Gasteiger partial charge in [0.2, 0.25) is 0 Å². The van der Waals surface area contributed by atoms with Gasteiger partial charge < -0.3 is 9.47 Å². The molecule has 0 bridgehead atoms. The van der Waals surface area contributed by atoms with E-state index in [1.165, 1.54) is 70.6 Å². The molecule has 1 aromatic rings. The SMILES string of the molecule is CCCCCCCCCCCCCCCOC(=O)c1ccc(C(=O)OCCC(C)C)cc1. The first-order valence-electron chi connectivity index (χ1n) is 13.0. The van der Waals surface area contributed by atoms with Gasteiger partial charge in [-0.2, -0.15) is 0 Å². The quantitative estimate of drug-likeness (QED) is 0.159. The number of rotatable bonds is 19. The van der Waals surface area contributed by atoms with E-state index >= 15 is 0 Å². The Hall–Kier alpha value is -1.84. The number of esters is 2. The lowest BCUT2D eigenvalue weighted by Gasteiger charge is -2.08. The number of carbonyl (C=O) groups excluding carboxylic acids is 2. The summed E-state index contributed by atoms with van der Waals surface area (Å²) in [6, 6.07) is 6.51. The lowest BCUT2D eigenvalue weighted by Crippen LogP contribution is -2.10. The van der Waals surface area contributed by atoms with Crippen LogP contribution in [0.1, 0.15) is 131 Å². The van der Waals surface area contributed by atoms with Gasteiger partial charge in [-0.3, -0.25) is 0 Å². The third-order valence-electron chi connectivity index (χ3n) is 5.77. The van der Waals surface area contributed by atoms with Crippen LogP contribution < -0.4 is 0 Å². The summed E-state index contributed by atoms with van der Waals surface area (Å²) in [4.78, 5) is 24.1. The molecule has 182 valence electrons. The average Bonchev–Trinajstić information content (AvgIpc) is 2.79. The number of hydrogen-bond acceptors (Lipinski definition) is 4. The monoisotopic (exact) mass is 446 g/mol. The zero-order valence-corrected chi connectivity index (χ0v) is 20.8. The second-order valence-corrected chi connectivity index (χ2v) is 9.27. The highest BCUT2D eigenvalue weighted by molar-refractivity contribution is 5.93. The molecule has 0 fully saturated rings. The van der Waals surface area contributed by atoms with Gasteiger partial charge in [0.05, 0.1) is 24.3 Å². The van der Waals surface area contributed by atoms with Crippen LogP contribution in [0.3, 0.4) is 0 Å². The molecule has 0 radical (unpaired) electrons. The van der Waals surface area contributed by atoms with Crippen molar-refractivity contribution in [1.29, 1.82) is 0 Å². The Labute approximate surface area is 196 Å². The molecule has 0 aliphatic rings. The molecule has 0 aliphatic carbocycles. The van der Waals surface area contributed by atoms with E-state index in [1.54, 1.807) is 24.3 Å². The Balaban J connectivity index is 2.03. The van der Waals surface area contributed by atoms with E-state index in [4.69, 9.17) is 9.47 Å². The third-order valence-corrected chi connectivity index (χ3v) is 5.77. The second kappa shape index (κ2) is 18.7. The number of unbranched alkanes of at least 4 members (excludes halogenated alkanes) is 12. The van der Waals surface area contributed by atoms with Crippen molar-refractivity contribution in [2.24, 2.45) is 5.92 Å². The molecule has 4 nitrogen and oxygen atoms in total. The van der Waals surface area contributed by atoms with Gasteiger partial charge in [0.25, 0.3) is 0 Å². The molecule has 0 aromatic heterocycles. The van der Waals surface area contributed by atoms with Gasteiger partial charge in [0.1, 0.15) is 0 Å². The van der Waals surface area contributed by atoms with Crippen molar-refractivity contribution in [3.05, 3.63) is 35.4 Å². The van der Waals surface area contributed by atoms with Gasteiger partial charge >= 0.3 is 11.9 Å². The fourth-order valence-corrected chi connectivity index (χ4v) is 3.58. The zero-order valence-electron chi connectivity index (χ0n) is 20.8. The Bertz CT molecular complexity index is 606. The van der Waals surface area contributed by atoms with Crippen LogP contribution >= 0.6 is 0 Å². The minimum atomic E-state index is -0.349. The van der Waals surface area contributed by atoms with Crippen LogP contribution in [0.5, 0.6) is 0 Å². The van der Waals surface area contributed by atoms with E-state index in [2.05, 4.69) is 20.8 Å². The van der Waals surface area contributed by atoms with Crippen LogP contribution in [-0.2, 0) is 9.47 Å². The summed E-state index contributed by atoms with van der Waals surface area (Å²) in [5.41, 5.74) is 0.931. The third kappa shape index (κ3) is 14.3. The summed E-state index contributed by atoms with van der Waals surface area (Å²) in [6.07, 6.45) is 17.7. The lowest BCUT2D eigenvalue weighted by atomic mass is 10.0. The molecule has 0 N–H and O–H groups in total. The average molecular weight is 447 g/mol. The van der Waals surface area contributed by atoms with Crippen LogP contribution in [0.2, 0.25) is 0 Å². The molecular weight excluding hydrogens is 400 g/mol. The first-order chi connectivity index (χ1) is 15.5. The first kappa shape index (κ1) is 28.2. The number of benzene rings is 1. The van der Waals surface area contributed by atoms with Crippen molar-refractivity contribution in [1.82, 2.24) is 0 Å². The fourth-order valence-electron chi connectivity index (χ4n) is 3.58. The van der Waals surface area contributed by atoms with Gasteiger partial charge in [0.15, 0.2) is 0 Å². The number of carbonyl (C=O) groups is 2. The normalized spacial score (nSPS) is 11.0. The highest BCUT2D eigenvalue weighted by Crippen LogP contribution is 2.13. The van der Waals surface area contributed by atoms with E-state index in [-0.39, 0.29) is 11.9 Å². The van der Waals surface area contributed by atoms with Crippen LogP contribution in [0.4, 0.5) is 0 Å².